The molecule has 1 nitrogen and oxygen atoms in total. The van der Waals surface area contributed by atoms with E-state index in [1.54, 1.807) is 0 Å². The molecular formula is C23H42OSn. The van der Waals surface area contributed by atoms with Crippen LogP contribution < -0.4 is 0 Å². The Morgan fingerprint density at radius 2 is 1.24 bits per heavy atom. The van der Waals surface area contributed by atoms with Gasteiger partial charge < -0.3 is 0 Å². The molecule has 1 aromatic carbocycles. The molecule has 0 heterocycles. The maximum absolute atomic E-state index is 11.0. The van der Waals surface area contributed by atoms with Crippen molar-refractivity contribution in [2.45, 2.75) is 96.5 Å². The Hall–Kier alpha value is -0.0213. The van der Waals surface area contributed by atoms with Crippen LogP contribution in [0.15, 0.2) is 30.3 Å². The van der Waals surface area contributed by atoms with Crippen molar-refractivity contribution in [2.75, 3.05) is 0 Å². The van der Waals surface area contributed by atoms with E-state index >= 15 is 0 Å². The van der Waals surface area contributed by atoms with E-state index in [-0.39, 0.29) is 6.10 Å². The van der Waals surface area contributed by atoms with Gasteiger partial charge in [0, 0.05) is 0 Å². The molecular weight excluding hydrogens is 411 g/mol. The third-order valence-corrected chi connectivity index (χ3v) is 25.0. The van der Waals surface area contributed by atoms with Crippen molar-refractivity contribution in [1.82, 2.24) is 0 Å². The van der Waals surface area contributed by atoms with Gasteiger partial charge in [-0.15, -0.1) is 0 Å². The van der Waals surface area contributed by atoms with E-state index in [0.29, 0.717) is 5.92 Å². The van der Waals surface area contributed by atoms with Crippen LogP contribution in [0, 0.1) is 5.92 Å². The molecule has 0 spiro atoms. The molecule has 25 heavy (non-hydrogen) atoms. The van der Waals surface area contributed by atoms with Gasteiger partial charge in [-0.2, -0.15) is 0 Å². The molecule has 1 rings (SSSR count). The molecule has 3 atom stereocenters. The summed E-state index contributed by atoms with van der Waals surface area (Å²) in [6.07, 6.45) is 7.86. The molecule has 0 radical (unpaired) electrons. The number of benzene rings is 1. The van der Waals surface area contributed by atoms with Crippen molar-refractivity contribution in [3.05, 3.63) is 35.9 Å². The second-order valence-electron chi connectivity index (χ2n) is 8.18. The third-order valence-electron chi connectivity index (χ3n) is 6.48. The Morgan fingerprint density at radius 3 is 1.64 bits per heavy atom. The predicted molar refractivity (Wildman–Crippen MR) is 115 cm³/mol. The molecule has 0 saturated heterocycles. The summed E-state index contributed by atoms with van der Waals surface area (Å²) < 4.78 is 5.32. The first-order valence-electron chi connectivity index (χ1n) is 10.7. The first kappa shape index (κ1) is 23.0. The Morgan fingerprint density at radius 1 is 0.800 bits per heavy atom. The first-order valence-corrected chi connectivity index (χ1v) is 18.5. The van der Waals surface area contributed by atoms with E-state index in [1.165, 1.54) is 51.8 Å². The number of unbranched alkanes of at least 4 members (excludes halogenated alkanes) is 3. The van der Waals surface area contributed by atoms with Crippen molar-refractivity contribution >= 4 is 18.4 Å². The van der Waals surface area contributed by atoms with Gasteiger partial charge >= 0.3 is 162 Å². The zero-order valence-electron chi connectivity index (χ0n) is 17.4. The van der Waals surface area contributed by atoms with Gasteiger partial charge in [0.05, 0.1) is 0 Å². The van der Waals surface area contributed by atoms with Crippen molar-refractivity contribution < 1.29 is 5.11 Å². The molecule has 2 heteroatoms. The molecule has 0 aliphatic heterocycles. The minimum atomic E-state index is -2.29. The maximum atomic E-state index is 11.0. The molecule has 0 aromatic heterocycles. The molecule has 0 unspecified atom stereocenters. The van der Waals surface area contributed by atoms with E-state index < -0.39 is 18.4 Å². The van der Waals surface area contributed by atoms with E-state index in [1.807, 2.05) is 6.07 Å². The summed E-state index contributed by atoms with van der Waals surface area (Å²) in [5.41, 5.74) is 1.10. The average molecular weight is 453 g/mol. The van der Waals surface area contributed by atoms with Gasteiger partial charge in [-0.3, -0.25) is 0 Å². The summed E-state index contributed by atoms with van der Waals surface area (Å²) in [5.74, 6) is 0.378. The van der Waals surface area contributed by atoms with Crippen molar-refractivity contribution in [3.8, 4) is 0 Å². The van der Waals surface area contributed by atoms with Crippen molar-refractivity contribution in [1.29, 1.82) is 0 Å². The number of hydrogen-bond donors (Lipinski definition) is 1. The van der Waals surface area contributed by atoms with Gasteiger partial charge in [0.25, 0.3) is 0 Å². The zero-order valence-corrected chi connectivity index (χ0v) is 20.3. The molecule has 144 valence electrons. The predicted octanol–water partition coefficient (Wildman–Crippen LogP) is 7.60. The second-order valence-corrected chi connectivity index (χ2v) is 22.8. The van der Waals surface area contributed by atoms with Crippen LogP contribution in [0.1, 0.15) is 84.8 Å². The van der Waals surface area contributed by atoms with Crippen LogP contribution in [0.2, 0.25) is 17.2 Å². The number of aliphatic hydroxyl groups excluding tert-OH is 1. The Balaban J connectivity index is 3.02. The fraction of sp³-hybridized carbons (Fsp3) is 0.739. The van der Waals surface area contributed by atoms with Crippen LogP contribution in [0.3, 0.4) is 0 Å². The topological polar surface area (TPSA) is 20.2 Å². The Kier molecular flexibility index (Phi) is 11.4. The van der Waals surface area contributed by atoms with Gasteiger partial charge in [0.2, 0.25) is 0 Å². The molecule has 0 bridgehead atoms. The molecule has 0 amide bonds. The normalized spacial score (nSPS) is 15.8. The summed E-state index contributed by atoms with van der Waals surface area (Å²) in [6, 6.07) is 10.3. The standard InChI is InChI=1S/C11H15O.3C4H9.Sn/c1-3-9(2)11(12)10-7-5-4-6-8-10;3*1-3-4-2;/h3-9,11-12H,1-2H3;3*1,3-4H2,2H3;/t9-,11+;;;;/m0..../s1. The quantitative estimate of drug-likeness (QED) is 0.305. The van der Waals surface area contributed by atoms with E-state index in [4.69, 9.17) is 0 Å². The van der Waals surface area contributed by atoms with Crippen LogP contribution in [0.5, 0.6) is 0 Å². The summed E-state index contributed by atoms with van der Waals surface area (Å²) in [4.78, 5) is 0. The summed E-state index contributed by atoms with van der Waals surface area (Å²) in [7, 11) is 0. The minimum absolute atomic E-state index is 0.308. The van der Waals surface area contributed by atoms with Gasteiger partial charge in [-0.1, -0.05) is 0 Å². The van der Waals surface area contributed by atoms with Crippen LogP contribution in [-0.2, 0) is 0 Å². The Labute approximate surface area is 161 Å². The summed E-state index contributed by atoms with van der Waals surface area (Å²) >= 11 is -2.29. The number of rotatable bonds is 13. The SMILES string of the molecule is CCC[CH2][Sn]([CH2]CCC)([CH2]CCC)[C@@H](C)[C@H](C)[C@@H](O)c1ccccc1. The fourth-order valence-electron chi connectivity index (χ4n) is 4.43. The van der Waals surface area contributed by atoms with Crippen molar-refractivity contribution in [3.63, 3.8) is 0 Å². The van der Waals surface area contributed by atoms with Crippen LogP contribution in [0.25, 0.3) is 0 Å². The summed E-state index contributed by atoms with van der Waals surface area (Å²) in [5, 5.41) is 11.0. The summed E-state index contributed by atoms with van der Waals surface area (Å²) in [6.45, 7) is 11.8. The van der Waals surface area contributed by atoms with Crippen LogP contribution in [0.4, 0.5) is 0 Å². The molecule has 1 N–H and O–H groups in total. The zero-order chi connectivity index (χ0) is 18.7. The van der Waals surface area contributed by atoms with Crippen LogP contribution >= 0.6 is 0 Å². The molecule has 1 aromatic rings. The van der Waals surface area contributed by atoms with Gasteiger partial charge in [0.1, 0.15) is 0 Å². The van der Waals surface area contributed by atoms with E-state index in [2.05, 4.69) is 58.9 Å². The molecule has 0 aliphatic carbocycles. The third kappa shape index (κ3) is 6.90. The number of hydrogen-bond acceptors (Lipinski definition) is 1. The molecule has 0 fully saturated rings. The van der Waals surface area contributed by atoms with E-state index in [0.717, 1.165) is 9.50 Å². The van der Waals surface area contributed by atoms with Crippen LogP contribution in [-0.4, -0.2) is 23.5 Å². The van der Waals surface area contributed by atoms with Crippen molar-refractivity contribution in [2.24, 2.45) is 5.92 Å². The number of aliphatic hydroxyl groups is 1. The van der Waals surface area contributed by atoms with Gasteiger partial charge in [-0.25, -0.2) is 0 Å². The monoisotopic (exact) mass is 454 g/mol. The fourth-order valence-corrected chi connectivity index (χ4v) is 23.2. The first-order chi connectivity index (χ1) is 12.0. The average Bonchev–Trinajstić information content (AvgIpc) is 2.66. The van der Waals surface area contributed by atoms with E-state index in [9.17, 15) is 5.11 Å². The van der Waals surface area contributed by atoms with Gasteiger partial charge in [-0.05, 0) is 0 Å². The Bertz CT molecular complexity index is 423. The van der Waals surface area contributed by atoms with Gasteiger partial charge in [0.15, 0.2) is 0 Å². The molecule has 0 saturated carbocycles. The molecule has 0 aliphatic rings. The second kappa shape index (κ2) is 12.4.